The first-order valence-electron chi connectivity index (χ1n) is 21.8. The number of amides is 2. The molecule has 24 nitrogen and oxygen atoms in total. The molecule has 2 amide bonds. The van der Waals surface area contributed by atoms with E-state index in [1.165, 1.54) is 13.1 Å². The summed E-state index contributed by atoms with van der Waals surface area (Å²) in [5.74, 6) is -13.0. The minimum atomic E-state index is -1.62. The minimum absolute atomic E-state index is 0.0482. The number of aromatic nitrogens is 4. The Bertz CT molecular complexity index is 2430. The number of ketones is 4. The number of nitrogens with two attached hydrogens (primary N) is 1. The highest BCUT2D eigenvalue weighted by Crippen LogP contribution is 2.20. The van der Waals surface area contributed by atoms with Crippen molar-refractivity contribution in [3.05, 3.63) is 57.6 Å². The van der Waals surface area contributed by atoms with E-state index in [1.54, 1.807) is 29.2 Å². The standard InChI is InChI=1S/C44H55N9O15/c1-24(54)16-28(41(63)64)17-31(55)18-29(42(65)66)19-32(56)23-53-14-12-52(13-15-53)11-10-46-36(59)21-33(43(67)68)49-35(58)9-7-27(40(61)62)20-34(57)26-5-2-25(3-6-26)4-8-30-22-47-38-37(48-30)39(60)51-44(45)50-38/h2-3,5-6,22,27-29,33H,4,7-21,23H2,1H3,(H,46,59)(H,49,58)(H,61,62)(H,63,64)(H,65,66)(H,67,68)(H3,45,47,50,51,60)/t27-,28-,29-,33+/m1/s1. The van der Waals surface area contributed by atoms with Gasteiger partial charge in [0.2, 0.25) is 17.8 Å². The maximum Gasteiger partial charge on any atom is 0.326 e. The number of benzene rings is 1. The highest BCUT2D eigenvalue weighted by molar-refractivity contribution is 5.98. The predicted octanol–water partition coefficient (Wildman–Crippen LogP) is -0.483. The molecule has 0 unspecified atom stereocenters. The number of rotatable bonds is 29. The third-order valence-corrected chi connectivity index (χ3v) is 11.2. The molecule has 0 spiro atoms. The molecule has 24 heteroatoms. The van der Waals surface area contributed by atoms with Crippen LogP contribution in [0.25, 0.3) is 11.2 Å². The highest BCUT2D eigenvalue weighted by atomic mass is 16.4. The van der Waals surface area contributed by atoms with Crippen molar-refractivity contribution in [3.63, 3.8) is 0 Å². The molecule has 3 aromatic rings. The number of carboxylic acid groups (broad SMARTS) is 4. The van der Waals surface area contributed by atoms with Crippen LogP contribution in [0.15, 0.2) is 35.3 Å². The first kappa shape index (κ1) is 53.3. The summed E-state index contributed by atoms with van der Waals surface area (Å²) < 4.78 is 0. The second kappa shape index (κ2) is 25.5. The fraction of sp³-hybridized carbons (Fsp3) is 0.500. The summed E-state index contributed by atoms with van der Waals surface area (Å²) in [7, 11) is 0. The van der Waals surface area contributed by atoms with Gasteiger partial charge in [-0.1, -0.05) is 24.3 Å². The van der Waals surface area contributed by atoms with Crippen molar-refractivity contribution in [2.45, 2.75) is 77.2 Å². The summed E-state index contributed by atoms with van der Waals surface area (Å²) in [4.78, 5) is 153. The maximum absolute atomic E-state index is 13.0. The van der Waals surface area contributed by atoms with Gasteiger partial charge in [-0.3, -0.25) is 57.9 Å². The molecule has 68 heavy (non-hydrogen) atoms. The minimum Gasteiger partial charge on any atom is -0.481 e. The van der Waals surface area contributed by atoms with Crippen LogP contribution in [0.1, 0.15) is 79.9 Å². The molecule has 2 aromatic heterocycles. The van der Waals surface area contributed by atoms with Gasteiger partial charge in [-0.2, -0.15) is 4.98 Å². The number of hydrogen-bond donors (Lipinski definition) is 8. The van der Waals surface area contributed by atoms with Crippen LogP contribution in [0.5, 0.6) is 0 Å². The van der Waals surface area contributed by atoms with Gasteiger partial charge in [0.1, 0.15) is 23.4 Å². The Morgan fingerprint density at radius 3 is 1.93 bits per heavy atom. The van der Waals surface area contributed by atoms with E-state index in [2.05, 4.69) is 30.6 Å². The molecule has 4 atom stereocenters. The average Bonchev–Trinajstić information content (AvgIpc) is 3.26. The van der Waals surface area contributed by atoms with Gasteiger partial charge < -0.3 is 41.6 Å². The van der Waals surface area contributed by atoms with Crippen molar-refractivity contribution in [1.29, 1.82) is 0 Å². The number of carboxylic acids is 4. The van der Waals surface area contributed by atoms with Crippen molar-refractivity contribution < 1.29 is 68.4 Å². The zero-order valence-electron chi connectivity index (χ0n) is 37.3. The second-order valence-corrected chi connectivity index (χ2v) is 16.7. The van der Waals surface area contributed by atoms with Gasteiger partial charge in [0.25, 0.3) is 5.56 Å². The number of nitrogens with zero attached hydrogens (tertiary/aromatic N) is 5. The smallest absolute Gasteiger partial charge is 0.326 e. The molecular weight excluding hydrogens is 895 g/mol. The second-order valence-electron chi connectivity index (χ2n) is 16.7. The van der Waals surface area contributed by atoms with Crippen LogP contribution >= 0.6 is 0 Å². The number of nitrogen functional groups attached to an aromatic ring is 1. The van der Waals surface area contributed by atoms with Gasteiger partial charge in [0.15, 0.2) is 16.9 Å². The molecular formula is C44H55N9O15. The lowest BCUT2D eigenvalue weighted by Gasteiger charge is -2.34. The van der Waals surface area contributed by atoms with Crippen LogP contribution < -0.4 is 21.9 Å². The topological polar surface area (TPSA) is 380 Å². The van der Waals surface area contributed by atoms with Crippen LogP contribution in [-0.4, -0.2) is 161 Å². The Labute approximate surface area is 388 Å². The van der Waals surface area contributed by atoms with Crippen LogP contribution in [0.4, 0.5) is 5.95 Å². The number of aryl methyl sites for hydroxylation is 2. The SMILES string of the molecule is CC(=O)C[C@H](CC(=O)C[C@H](CC(=O)CN1CCN(CCNC(=O)C[C@H](NC(=O)CC[C@H](CC(=O)c2ccc(CCc3cnc4nc(N)[nH]c(=O)c4n3)cc2)C(=O)O)C(=O)O)CC1)C(=O)O)C(=O)O. The molecule has 0 bridgehead atoms. The molecule has 0 saturated carbocycles. The van der Waals surface area contributed by atoms with Gasteiger partial charge in [-0.05, 0) is 31.7 Å². The lowest BCUT2D eigenvalue weighted by atomic mass is 9.90. The number of H-pyrrole nitrogens is 1. The van der Waals surface area contributed by atoms with Crippen molar-refractivity contribution >= 4 is 75.9 Å². The summed E-state index contributed by atoms with van der Waals surface area (Å²) in [6.45, 7) is 3.39. The van der Waals surface area contributed by atoms with Gasteiger partial charge in [-0.25, -0.2) is 14.8 Å². The quantitative estimate of drug-likeness (QED) is 0.0407. The van der Waals surface area contributed by atoms with E-state index < -0.39 is 127 Å². The van der Waals surface area contributed by atoms with Crippen LogP contribution in [0.2, 0.25) is 0 Å². The number of fused-ring (bicyclic) bond motifs is 1. The summed E-state index contributed by atoms with van der Waals surface area (Å²) in [5, 5.41) is 43.2. The van der Waals surface area contributed by atoms with Crippen molar-refractivity contribution in [3.8, 4) is 0 Å². The molecule has 1 saturated heterocycles. The highest BCUT2D eigenvalue weighted by Gasteiger charge is 2.30. The van der Waals surface area contributed by atoms with Crippen LogP contribution in [0.3, 0.4) is 0 Å². The Morgan fingerprint density at radius 2 is 1.32 bits per heavy atom. The average molecular weight is 950 g/mol. The third kappa shape index (κ3) is 17.5. The van der Waals surface area contributed by atoms with Gasteiger partial charge in [-0.15, -0.1) is 0 Å². The lowest BCUT2D eigenvalue weighted by Crippen LogP contribution is -2.50. The molecule has 1 aromatic carbocycles. The molecule has 1 aliphatic heterocycles. The number of carbonyl (C=O) groups excluding carboxylic acids is 6. The normalized spacial score (nSPS) is 14.8. The summed E-state index contributed by atoms with van der Waals surface area (Å²) in [6, 6.07) is 4.86. The molecule has 9 N–H and O–H groups in total. The van der Waals surface area contributed by atoms with E-state index in [9.17, 15) is 73.2 Å². The molecule has 0 radical (unpaired) electrons. The molecule has 366 valence electrons. The van der Waals surface area contributed by atoms with Gasteiger partial charge >= 0.3 is 23.9 Å². The third-order valence-electron chi connectivity index (χ3n) is 11.2. The van der Waals surface area contributed by atoms with E-state index >= 15 is 0 Å². The first-order valence-corrected chi connectivity index (χ1v) is 21.8. The number of aromatic amines is 1. The lowest BCUT2D eigenvalue weighted by molar-refractivity contribution is -0.147. The maximum atomic E-state index is 13.0. The van der Waals surface area contributed by atoms with Crippen LogP contribution in [-0.2, 0) is 56.0 Å². The van der Waals surface area contributed by atoms with Gasteiger partial charge in [0, 0.05) is 83.4 Å². The van der Waals surface area contributed by atoms with Crippen molar-refractivity contribution in [1.82, 2.24) is 40.4 Å². The number of anilines is 1. The number of hydrogen-bond acceptors (Lipinski definition) is 17. The number of nitrogens with one attached hydrogen (secondary N) is 3. The Balaban J connectivity index is 1.13. The van der Waals surface area contributed by atoms with E-state index in [4.69, 9.17) is 5.73 Å². The Morgan fingerprint density at radius 1 is 0.721 bits per heavy atom. The Kier molecular flexibility index (Phi) is 20.0. The van der Waals surface area contributed by atoms with E-state index in [1.807, 2.05) is 4.90 Å². The molecule has 1 aliphatic rings. The number of piperazine rings is 1. The number of aliphatic carboxylic acids is 4. The molecule has 4 rings (SSSR count). The van der Waals surface area contributed by atoms with Crippen LogP contribution in [0, 0.1) is 17.8 Å². The fourth-order valence-corrected chi connectivity index (χ4v) is 7.49. The monoisotopic (exact) mass is 949 g/mol. The molecule has 3 heterocycles. The summed E-state index contributed by atoms with van der Waals surface area (Å²) in [6.07, 6.45) is -1.26. The summed E-state index contributed by atoms with van der Waals surface area (Å²) >= 11 is 0. The first-order chi connectivity index (χ1) is 32.2. The zero-order chi connectivity index (χ0) is 50.1. The van der Waals surface area contributed by atoms with Crippen molar-refractivity contribution in [2.75, 3.05) is 51.5 Å². The fourth-order valence-electron chi connectivity index (χ4n) is 7.49. The molecule has 0 aliphatic carbocycles. The zero-order valence-corrected chi connectivity index (χ0v) is 37.3. The summed E-state index contributed by atoms with van der Waals surface area (Å²) in [5.41, 5.74) is 6.78. The number of Topliss-reactive ketones (excluding diaryl/α,β-unsaturated/α-hetero) is 4. The van der Waals surface area contributed by atoms with Crippen molar-refractivity contribution in [2.24, 2.45) is 17.8 Å². The number of carbonyl (C=O) groups is 10. The largest absolute Gasteiger partial charge is 0.481 e. The van der Waals surface area contributed by atoms with E-state index in [0.717, 1.165) is 5.56 Å². The van der Waals surface area contributed by atoms with E-state index in [0.29, 0.717) is 51.3 Å². The predicted molar refractivity (Wildman–Crippen MR) is 237 cm³/mol. The van der Waals surface area contributed by atoms with Gasteiger partial charge in [0.05, 0.1) is 42.6 Å². The Hall–Kier alpha value is -7.34. The molecule has 1 fully saturated rings. The van der Waals surface area contributed by atoms with E-state index in [-0.39, 0.29) is 48.6 Å².